The van der Waals surface area contributed by atoms with Crippen LogP contribution in [0.25, 0.3) is 0 Å². The highest BCUT2D eigenvalue weighted by Gasteiger charge is 2.22. The molecule has 2 N–H and O–H groups in total. The minimum atomic E-state index is -1.09. The number of hydrogen-bond acceptors (Lipinski definition) is 12. The summed E-state index contributed by atoms with van der Waals surface area (Å²) in [4.78, 5) is 48.0. The summed E-state index contributed by atoms with van der Waals surface area (Å²) in [6.45, 7) is 9.02. The van der Waals surface area contributed by atoms with Gasteiger partial charge in [-0.3, -0.25) is 4.79 Å². The summed E-state index contributed by atoms with van der Waals surface area (Å²) in [5, 5.41) is 0. The van der Waals surface area contributed by atoms with E-state index in [0.717, 1.165) is 6.42 Å². The minimum absolute atomic E-state index is 0.00388. The molecule has 0 aliphatic carbocycles. The SMILES string of the molecule is CCCOC(=O)Oc1ccc(C[C@H](N)C(=O)O[C@@H](C)COC(=O)OC(C)CCC)cc1OC(=O)OCCC. The van der Waals surface area contributed by atoms with Gasteiger partial charge in [0.1, 0.15) is 24.9 Å². The zero-order chi connectivity index (χ0) is 28.5. The van der Waals surface area contributed by atoms with Crippen molar-refractivity contribution < 1.29 is 52.3 Å². The lowest BCUT2D eigenvalue weighted by atomic mass is 10.1. The van der Waals surface area contributed by atoms with E-state index in [1.807, 2.05) is 20.8 Å². The van der Waals surface area contributed by atoms with Gasteiger partial charge in [-0.05, 0) is 57.2 Å². The number of benzene rings is 1. The van der Waals surface area contributed by atoms with Crippen molar-refractivity contribution in [3.05, 3.63) is 23.8 Å². The van der Waals surface area contributed by atoms with Crippen molar-refractivity contribution in [1.29, 1.82) is 0 Å². The van der Waals surface area contributed by atoms with Crippen LogP contribution in [-0.2, 0) is 34.9 Å². The predicted molar refractivity (Wildman–Crippen MR) is 135 cm³/mol. The second-order valence-electron chi connectivity index (χ2n) is 8.52. The third-order valence-electron chi connectivity index (χ3n) is 4.75. The average molecular weight is 542 g/mol. The molecule has 0 aliphatic rings. The van der Waals surface area contributed by atoms with E-state index in [1.165, 1.54) is 12.1 Å². The van der Waals surface area contributed by atoms with Gasteiger partial charge in [-0.1, -0.05) is 33.3 Å². The Morgan fingerprint density at radius 3 is 1.95 bits per heavy atom. The van der Waals surface area contributed by atoms with Gasteiger partial charge in [0.05, 0.1) is 13.2 Å². The molecule has 0 radical (unpaired) electrons. The number of nitrogens with two attached hydrogens (primary N) is 1. The number of carbonyl (C=O) groups excluding carboxylic acids is 4. The first-order chi connectivity index (χ1) is 18.1. The Morgan fingerprint density at radius 2 is 1.37 bits per heavy atom. The summed E-state index contributed by atoms with van der Waals surface area (Å²) in [7, 11) is 0. The fourth-order valence-electron chi connectivity index (χ4n) is 2.96. The van der Waals surface area contributed by atoms with Crippen LogP contribution in [0.5, 0.6) is 11.5 Å². The van der Waals surface area contributed by atoms with Crippen LogP contribution in [0.3, 0.4) is 0 Å². The number of carbonyl (C=O) groups is 4. The summed E-state index contributed by atoms with van der Waals surface area (Å²) in [6.07, 6.45) is -1.09. The van der Waals surface area contributed by atoms with E-state index in [-0.39, 0.29) is 43.8 Å². The predicted octanol–water partition coefficient (Wildman–Crippen LogP) is 4.68. The summed E-state index contributed by atoms with van der Waals surface area (Å²) in [5.74, 6) is -0.928. The zero-order valence-corrected chi connectivity index (χ0v) is 22.7. The average Bonchev–Trinajstić information content (AvgIpc) is 2.86. The summed E-state index contributed by atoms with van der Waals surface area (Å²) < 4.78 is 35.4. The summed E-state index contributed by atoms with van der Waals surface area (Å²) in [5.41, 5.74) is 6.48. The molecule has 214 valence electrons. The lowest BCUT2D eigenvalue weighted by Gasteiger charge is -2.18. The van der Waals surface area contributed by atoms with Gasteiger partial charge >= 0.3 is 24.4 Å². The highest BCUT2D eigenvalue weighted by Crippen LogP contribution is 2.30. The van der Waals surface area contributed by atoms with Crippen molar-refractivity contribution in [1.82, 2.24) is 0 Å². The zero-order valence-electron chi connectivity index (χ0n) is 22.7. The normalized spacial score (nSPS) is 12.9. The van der Waals surface area contributed by atoms with Crippen molar-refractivity contribution in [3.8, 4) is 11.5 Å². The van der Waals surface area contributed by atoms with Gasteiger partial charge in [-0.25, -0.2) is 14.4 Å². The van der Waals surface area contributed by atoms with Crippen molar-refractivity contribution in [2.75, 3.05) is 19.8 Å². The van der Waals surface area contributed by atoms with Crippen molar-refractivity contribution in [3.63, 3.8) is 0 Å². The highest BCUT2D eigenvalue weighted by molar-refractivity contribution is 5.76. The largest absolute Gasteiger partial charge is 0.513 e. The molecule has 12 nitrogen and oxygen atoms in total. The molecule has 0 amide bonds. The topological polar surface area (TPSA) is 159 Å². The Bertz CT molecular complexity index is 905. The van der Waals surface area contributed by atoms with Gasteiger partial charge in [0.15, 0.2) is 11.5 Å². The van der Waals surface area contributed by atoms with Crippen LogP contribution in [0.15, 0.2) is 18.2 Å². The van der Waals surface area contributed by atoms with Gasteiger partial charge in [0.2, 0.25) is 0 Å². The second-order valence-corrected chi connectivity index (χ2v) is 8.52. The molecule has 38 heavy (non-hydrogen) atoms. The van der Waals surface area contributed by atoms with E-state index < -0.39 is 36.6 Å². The molecule has 0 spiro atoms. The van der Waals surface area contributed by atoms with Gasteiger partial charge in [-0.15, -0.1) is 0 Å². The molecule has 1 aromatic rings. The molecule has 12 heteroatoms. The molecule has 3 atom stereocenters. The molecule has 1 rings (SSSR count). The second kappa shape index (κ2) is 17.8. The molecule has 0 fully saturated rings. The van der Waals surface area contributed by atoms with E-state index in [1.54, 1.807) is 19.9 Å². The number of hydrogen-bond donors (Lipinski definition) is 1. The van der Waals surface area contributed by atoms with Crippen LogP contribution in [0, 0.1) is 0 Å². The Kier molecular flexibility index (Phi) is 15.2. The summed E-state index contributed by atoms with van der Waals surface area (Å²) >= 11 is 0. The molecule has 0 saturated carbocycles. The molecule has 0 aliphatic heterocycles. The quantitative estimate of drug-likeness (QED) is 0.186. The first kappa shape index (κ1) is 32.5. The monoisotopic (exact) mass is 541 g/mol. The van der Waals surface area contributed by atoms with E-state index in [2.05, 4.69) is 0 Å². The van der Waals surface area contributed by atoms with E-state index in [9.17, 15) is 19.2 Å². The lowest BCUT2D eigenvalue weighted by Crippen LogP contribution is -2.37. The van der Waals surface area contributed by atoms with Gasteiger partial charge in [0.25, 0.3) is 0 Å². The van der Waals surface area contributed by atoms with Crippen LogP contribution in [0.2, 0.25) is 0 Å². The maximum atomic E-state index is 12.4. The van der Waals surface area contributed by atoms with Crippen LogP contribution < -0.4 is 15.2 Å². The number of rotatable bonds is 15. The van der Waals surface area contributed by atoms with E-state index >= 15 is 0 Å². The van der Waals surface area contributed by atoms with Crippen LogP contribution >= 0.6 is 0 Å². The lowest BCUT2D eigenvalue weighted by molar-refractivity contribution is -0.152. The van der Waals surface area contributed by atoms with Crippen LogP contribution in [0.4, 0.5) is 14.4 Å². The Labute approximate surface area is 223 Å². The maximum Gasteiger partial charge on any atom is 0.513 e. The van der Waals surface area contributed by atoms with Crippen molar-refractivity contribution in [2.45, 2.75) is 85.0 Å². The molecule has 0 aromatic heterocycles. The molecular weight excluding hydrogens is 502 g/mol. The van der Waals surface area contributed by atoms with Gasteiger partial charge < -0.3 is 38.9 Å². The molecule has 0 heterocycles. The third kappa shape index (κ3) is 13.1. The standard InChI is InChI=1S/C26H39NO11/c1-6-9-17(4)36-26(31)34-16-18(5)35-23(28)20(27)14-19-10-11-21(37-24(29)32-12-7-2)22(15-19)38-25(30)33-13-8-3/h10-11,15,17-18,20H,6-9,12-14,16,27H2,1-5H3/t17?,18-,20-/m0/s1. The maximum absolute atomic E-state index is 12.4. The Balaban J connectivity index is 2.77. The number of ether oxygens (including phenoxy) is 7. The molecular formula is C26H39NO11. The van der Waals surface area contributed by atoms with Crippen LogP contribution in [0.1, 0.15) is 65.9 Å². The van der Waals surface area contributed by atoms with E-state index in [4.69, 9.17) is 38.9 Å². The third-order valence-corrected chi connectivity index (χ3v) is 4.75. The first-order valence-corrected chi connectivity index (χ1v) is 12.7. The first-order valence-electron chi connectivity index (χ1n) is 12.7. The summed E-state index contributed by atoms with van der Waals surface area (Å²) in [6, 6.07) is 3.22. The molecule has 1 aromatic carbocycles. The van der Waals surface area contributed by atoms with Crippen LogP contribution in [-0.4, -0.2) is 62.5 Å². The number of esters is 1. The van der Waals surface area contributed by atoms with Gasteiger partial charge in [0, 0.05) is 0 Å². The van der Waals surface area contributed by atoms with Crippen molar-refractivity contribution >= 4 is 24.4 Å². The van der Waals surface area contributed by atoms with Crippen molar-refractivity contribution in [2.24, 2.45) is 5.73 Å². The highest BCUT2D eigenvalue weighted by atomic mass is 16.7. The van der Waals surface area contributed by atoms with E-state index in [0.29, 0.717) is 24.8 Å². The van der Waals surface area contributed by atoms with Gasteiger partial charge in [-0.2, -0.15) is 0 Å². The molecule has 0 bridgehead atoms. The molecule has 1 unspecified atom stereocenters. The fourth-order valence-corrected chi connectivity index (χ4v) is 2.96. The Hall–Kier alpha value is -3.54. The Morgan fingerprint density at radius 1 is 0.763 bits per heavy atom. The minimum Gasteiger partial charge on any atom is -0.458 e. The smallest absolute Gasteiger partial charge is 0.458 e. The molecule has 0 saturated heterocycles. The fraction of sp³-hybridized carbons (Fsp3) is 0.615.